The zero-order valence-corrected chi connectivity index (χ0v) is 22.8. The number of hydrogen-bond donors (Lipinski definition) is 2. The van der Waals surface area contributed by atoms with Gasteiger partial charge in [-0.3, -0.25) is 9.78 Å². The number of carbonyl (C=O) groups excluding carboxylic acids is 1. The first kappa shape index (κ1) is 29.3. The molecule has 1 fully saturated rings. The van der Waals surface area contributed by atoms with Crippen LogP contribution in [0.25, 0.3) is 11.1 Å². The lowest BCUT2D eigenvalue weighted by Crippen LogP contribution is -2.29. The summed E-state index contributed by atoms with van der Waals surface area (Å²) in [5, 5.41) is 6.10. The Hall–Kier alpha value is -3.70. The predicted octanol–water partition coefficient (Wildman–Crippen LogP) is 5.33. The largest absolute Gasteiger partial charge is 0.476 e. The Labute approximate surface area is 231 Å². The lowest BCUT2D eigenvalue weighted by atomic mass is 10.00. The third kappa shape index (κ3) is 7.48. The Bertz CT molecular complexity index is 1310. The highest BCUT2D eigenvalue weighted by molar-refractivity contribution is 6.03. The van der Waals surface area contributed by atoms with Crippen LogP contribution in [0.1, 0.15) is 41.4 Å². The molecule has 0 aliphatic carbocycles. The second-order valence-electron chi connectivity index (χ2n) is 9.64. The lowest BCUT2D eigenvalue weighted by Gasteiger charge is -2.23. The van der Waals surface area contributed by atoms with E-state index in [1.807, 2.05) is 32.0 Å². The van der Waals surface area contributed by atoms with Gasteiger partial charge in [-0.05, 0) is 80.3 Å². The van der Waals surface area contributed by atoms with Gasteiger partial charge < -0.3 is 25.0 Å². The van der Waals surface area contributed by atoms with Crippen molar-refractivity contribution in [1.29, 1.82) is 0 Å². The molecule has 0 spiro atoms. The van der Waals surface area contributed by atoms with E-state index in [1.165, 1.54) is 0 Å². The quantitative estimate of drug-likeness (QED) is 0.330. The van der Waals surface area contributed by atoms with E-state index >= 15 is 0 Å². The Kier molecular flexibility index (Phi) is 9.59. The molecule has 1 aliphatic heterocycles. The zero-order chi connectivity index (χ0) is 28.7. The van der Waals surface area contributed by atoms with Crippen LogP contribution in [0, 0.1) is 6.92 Å². The predicted molar refractivity (Wildman–Crippen MR) is 148 cm³/mol. The third-order valence-corrected chi connectivity index (χ3v) is 6.78. The molecule has 1 saturated heterocycles. The molecule has 2 N–H and O–H groups in total. The van der Waals surface area contributed by atoms with Gasteiger partial charge in [0.2, 0.25) is 5.88 Å². The minimum absolute atomic E-state index is 0.273. The van der Waals surface area contributed by atoms with E-state index in [1.54, 1.807) is 19.2 Å². The minimum atomic E-state index is -4.57. The van der Waals surface area contributed by atoms with Gasteiger partial charge in [-0.2, -0.15) is 18.2 Å². The summed E-state index contributed by atoms with van der Waals surface area (Å²) in [5.41, 5.74) is 1.77. The Balaban J connectivity index is 1.64. The molecular formula is C29H34F3N5O3. The van der Waals surface area contributed by atoms with Gasteiger partial charge in [0, 0.05) is 44.2 Å². The van der Waals surface area contributed by atoms with E-state index < -0.39 is 17.6 Å². The number of carbonyl (C=O) groups is 1. The van der Waals surface area contributed by atoms with Gasteiger partial charge in [-0.1, -0.05) is 6.07 Å². The highest BCUT2D eigenvalue weighted by Gasteiger charge is 2.31. The normalized spacial score (nSPS) is 15.2. The van der Waals surface area contributed by atoms with Crippen LogP contribution >= 0.6 is 0 Å². The topological polar surface area (TPSA) is 88.6 Å². The van der Waals surface area contributed by atoms with Gasteiger partial charge in [-0.15, -0.1) is 0 Å². The van der Waals surface area contributed by atoms with Crippen LogP contribution in [-0.2, 0) is 10.9 Å². The number of aromatic nitrogens is 2. The highest BCUT2D eigenvalue weighted by atomic mass is 19.4. The first-order valence-corrected chi connectivity index (χ1v) is 13.3. The molecule has 8 nitrogen and oxygen atoms in total. The summed E-state index contributed by atoms with van der Waals surface area (Å²) < 4.78 is 50.7. The first-order valence-electron chi connectivity index (χ1n) is 13.3. The summed E-state index contributed by atoms with van der Waals surface area (Å²) in [6.45, 7) is 7.35. The molecule has 1 aromatic carbocycles. The number of halogens is 3. The van der Waals surface area contributed by atoms with Crippen LogP contribution < -0.4 is 20.3 Å². The number of amides is 1. The fourth-order valence-corrected chi connectivity index (χ4v) is 4.54. The summed E-state index contributed by atoms with van der Waals surface area (Å²) in [4.78, 5) is 23.5. The highest BCUT2D eigenvalue weighted by Crippen LogP contribution is 2.33. The summed E-state index contributed by atoms with van der Waals surface area (Å²) in [6, 6.07) is 11.0. The van der Waals surface area contributed by atoms with Crippen LogP contribution in [0.15, 0.2) is 48.7 Å². The number of benzene rings is 1. The van der Waals surface area contributed by atoms with E-state index in [4.69, 9.17) is 14.5 Å². The fourth-order valence-electron chi connectivity index (χ4n) is 4.54. The SMILES string of the molecule is CCN(CCOC)c1cc(-c2cc(NC(=O)c3cc(C(F)(F)F)ccn3)ccc2C)cc(OCC2CCCN2)n1. The van der Waals surface area contributed by atoms with Crippen molar-refractivity contribution in [3.8, 4) is 17.0 Å². The van der Waals surface area contributed by atoms with Gasteiger partial charge in [0.05, 0.1) is 12.2 Å². The summed E-state index contributed by atoms with van der Waals surface area (Å²) in [7, 11) is 1.65. The molecule has 0 radical (unpaired) electrons. The first-order chi connectivity index (χ1) is 19.2. The molecular weight excluding hydrogens is 523 g/mol. The minimum Gasteiger partial charge on any atom is -0.476 e. The number of aryl methyl sites for hydroxylation is 1. The molecule has 1 aliphatic rings. The van der Waals surface area contributed by atoms with Crippen molar-refractivity contribution in [2.24, 2.45) is 0 Å². The number of hydrogen-bond acceptors (Lipinski definition) is 7. The number of likely N-dealkylation sites (N-methyl/N-ethyl adjacent to an activating group) is 1. The van der Waals surface area contributed by atoms with E-state index in [2.05, 4.69) is 20.5 Å². The van der Waals surface area contributed by atoms with Crippen molar-refractivity contribution in [2.75, 3.05) is 50.2 Å². The number of rotatable bonds is 11. The standard InChI is InChI=1S/C29H34F3N5O3/c1-4-37(12-13-39-3)26-14-20(15-27(36-26)40-18-23-6-5-10-33-23)24-17-22(8-7-19(24)2)35-28(38)25-16-21(9-11-34-25)29(30,31)32/h7-9,11,14-17,23,33H,4-6,10,12-13,18H2,1-3H3,(H,35,38). The average molecular weight is 558 g/mol. The van der Waals surface area contributed by atoms with Crippen molar-refractivity contribution in [3.63, 3.8) is 0 Å². The maximum Gasteiger partial charge on any atom is 0.416 e. The average Bonchev–Trinajstić information content (AvgIpc) is 3.47. The van der Waals surface area contributed by atoms with Gasteiger partial charge >= 0.3 is 6.18 Å². The summed E-state index contributed by atoms with van der Waals surface area (Å²) in [5.74, 6) is 0.480. The molecule has 3 aromatic rings. The van der Waals surface area contributed by atoms with Crippen LogP contribution in [0.4, 0.5) is 24.7 Å². The zero-order valence-electron chi connectivity index (χ0n) is 22.8. The molecule has 2 aromatic heterocycles. The van der Waals surface area contributed by atoms with E-state index in [9.17, 15) is 18.0 Å². The van der Waals surface area contributed by atoms with Crippen molar-refractivity contribution in [2.45, 2.75) is 38.9 Å². The van der Waals surface area contributed by atoms with E-state index in [-0.39, 0.29) is 11.7 Å². The number of anilines is 2. The molecule has 11 heteroatoms. The second-order valence-corrected chi connectivity index (χ2v) is 9.64. The number of pyridine rings is 2. The van der Waals surface area contributed by atoms with Crippen LogP contribution in [0.5, 0.6) is 5.88 Å². The summed E-state index contributed by atoms with van der Waals surface area (Å²) >= 11 is 0. The maximum absolute atomic E-state index is 13.1. The van der Waals surface area contributed by atoms with Gasteiger partial charge in [0.15, 0.2) is 0 Å². The second kappa shape index (κ2) is 13.1. The van der Waals surface area contributed by atoms with Crippen LogP contribution in [0.3, 0.4) is 0 Å². The third-order valence-electron chi connectivity index (χ3n) is 6.78. The smallest absolute Gasteiger partial charge is 0.416 e. The Morgan fingerprint density at radius 3 is 2.73 bits per heavy atom. The monoisotopic (exact) mass is 557 g/mol. The van der Waals surface area contributed by atoms with Gasteiger partial charge in [0.1, 0.15) is 18.1 Å². The molecule has 3 heterocycles. The van der Waals surface area contributed by atoms with Crippen molar-refractivity contribution in [3.05, 3.63) is 65.5 Å². The van der Waals surface area contributed by atoms with Crippen molar-refractivity contribution < 1.29 is 27.4 Å². The lowest BCUT2D eigenvalue weighted by molar-refractivity contribution is -0.137. The number of methoxy groups -OCH3 is 1. The van der Waals surface area contributed by atoms with Gasteiger partial charge in [-0.25, -0.2) is 0 Å². The molecule has 1 amide bonds. The molecule has 0 bridgehead atoms. The van der Waals surface area contributed by atoms with E-state index in [0.29, 0.717) is 37.9 Å². The number of nitrogens with zero attached hydrogens (tertiary/aromatic N) is 3. The van der Waals surface area contributed by atoms with Crippen molar-refractivity contribution >= 4 is 17.4 Å². The number of alkyl halides is 3. The molecule has 40 heavy (non-hydrogen) atoms. The summed E-state index contributed by atoms with van der Waals surface area (Å²) in [6.07, 6.45) is -1.44. The molecule has 1 unspecified atom stereocenters. The van der Waals surface area contributed by atoms with E-state index in [0.717, 1.165) is 60.2 Å². The Morgan fingerprint density at radius 1 is 1.20 bits per heavy atom. The maximum atomic E-state index is 13.1. The Morgan fingerprint density at radius 2 is 2.02 bits per heavy atom. The molecule has 214 valence electrons. The molecule has 4 rings (SSSR count). The van der Waals surface area contributed by atoms with Crippen molar-refractivity contribution in [1.82, 2.24) is 15.3 Å². The number of ether oxygens (including phenoxy) is 2. The molecule has 0 saturated carbocycles. The van der Waals surface area contributed by atoms with Gasteiger partial charge in [0.25, 0.3) is 5.91 Å². The fraction of sp³-hybridized carbons (Fsp3) is 0.414. The number of nitrogens with one attached hydrogen (secondary N) is 2. The van der Waals surface area contributed by atoms with Crippen LogP contribution in [-0.4, -0.2) is 61.9 Å². The van der Waals surface area contributed by atoms with Crippen LogP contribution in [0.2, 0.25) is 0 Å². The molecule has 1 atom stereocenters.